The smallest absolute Gasteiger partial charge is 0.203 e. The predicted molar refractivity (Wildman–Crippen MR) is 80.4 cm³/mol. The molecule has 0 aliphatic heterocycles. The Morgan fingerprint density at radius 2 is 1.90 bits per heavy atom. The summed E-state index contributed by atoms with van der Waals surface area (Å²) in [5.74, 6) is 1.28. The van der Waals surface area contributed by atoms with Crippen LogP contribution in [0.4, 0.5) is 10.3 Å². The van der Waals surface area contributed by atoms with E-state index >= 15 is 0 Å². The van der Waals surface area contributed by atoms with Gasteiger partial charge in [-0.1, -0.05) is 26.0 Å². The standard InChI is InChI=1S/C16H22FN3/c1-12(2)11-19-16-18-8-9-20(16)13(3)10-14-4-6-15(17)7-5-14/h4-9,12-13H,10-11H2,1-3H3,(H,18,19). The fourth-order valence-electron chi connectivity index (χ4n) is 2.16. The Balaban J connectivity index is 2.03. The molecule has 1 unspecified atom stereocenters. The Morgan fingerprint density at radius 1 is 1.20 bits per heavy atom. The summed E-state index contributed by atoms with van der Waals surface area (Å²) < 4.78 is 15.0. The van der Waals surface area contributed by atoms with Crippen molar-refractivity contribution in [1.29, 1.82) is 0 Å². The van der Waals surface area contributed by atoms with Crippen LogP contribution in [-0.2, 0) is 6.42 Å². The highest BCUT2D eigenvalue weighted by atomic mass is 19.1. The summed E-state index contributed by atoms with van der Waals surface area (Å²) in [5.41, 5.74) is 1.13. The summed E-state index contributed by atoms with van der Waals surface area (Å²) in [6.07, 6.45) is 4.65. The molecular weight excluding hydrogens is 253 g/mol. The first-order chi connectivity index (χ1) is 9.56. The Morgan fingerprint density at radius 3 is 2.55 bits per heavy atom. The molecule has 0 radical (unpaired) electrons. The van der Waals surface area contributed by atoms with Gasteiger partial charge in [0, 0.05) is 25.0 Å². The van der Waals surface area contributed by atoms with E-state index in [2.05, 4.69) is 35.6 Å². The minimum atomic E-state index is -0.191. The minimum Gasteiger partial charge on any atom is -0.355 e. The average Bonchev–Trinajstić information content (AvgIpc) is 2.87. The second-order valence-electron chi connectivity index (χ2n) is 5.61. The molecule has 3 nitrogen and oxygen atoms in total. The molecule has 0 aliphatic carbocycles. The number of halogens is 1. The van der Waals surface area contributed by atoms with Gasteiger partial charge in [-0.2, -0.15) is 0 Å². The van der Waals surface area contributed by atoms with Gasteiger partial charge >= 0.3 is 0 Å². The van der Waals surface area contributed by atoms with Crippen molar-refractivity contribution in [3.05, 3.63) is 48.0 Å². The van der Waals surface area contributed by atoms with E-state index in [0.717, 1.165) is 24.5 Å². The third kappa shape index (κ3) is 3.83. The number of imidazole rings is 1. The molecule has 0 amide bonds. The van der Waals surface area contributed by atoms with Gasteiger partial charge in [0.2, 0.25) is 5.95 Å². The highest BCUT2D eigenvalue weighted by molar-refractivity contribution is 5.27. The van der Waals surface area contributed by atoms with Crippen LogP contribution < -0.4 is 5.32 Å². The van der Waals surface area contributed by atoms with E-state index in [1.807, 2.05) is 24.5 Å². The van der Waals surface area contributed by atoms with Crippen molar-refractivity contribution in [2.24, 2.45) is 5.92 Å². The molecule has 20 heavy (non-hydrogen) atoms. The Labute approximate surface area is 119 Å². The Hall–Kier alpha value is -1.84. The largest absolute Gasteiger partial charge is 0.355 e. The molecule has 4 heteroatoms. The maximum atomic E-state index is 12.9. The summed E-state index contributed by atoms with van der Waals surface area (Å²) in [6.45, 7) is 7.39. The molecule has 0 spiro atoms. The van der Waals surface area contributed by atoms with E-state index in [1.54, 1.807) is 0 Å². The maximum absolute atomic E-state index is 12.9. The van der Waals surface area contributed by atoms with Crippen LogP contribution in [-0.4, -0.2) is 16.1 Å². The first-order valence-electron chi connectivity index (χ1n) is 7.07. The highest BCUT2D eigenvalue weighted by Gasteiger charge is 2.11. The lowest BCUT2D eigenvalue weighted by Crippen LogP contribution is -2.15. The molecule has 0 saturated carbocycles. The van der Waals surface area contributed by atoms with Crippen molar-refractivity contribution in [2.45, 2.75) is 33.2 Å². The van der Waals surface area contributed by atoms with Crippen LogP contribution in [0.3, 0.4) is 0 Å². The molecule has 1 atom stereocenters. The van der Waals surface area contributed by atoms with Crippen LogP contribution in [0.25, 0.3) is 0 Å². The molecular formula is C16H22FN3. The third-order valence-electron chi connectivity index (χ3n) is 3.26. The quantitative estimate of drug-likeness (QED) is 0.866. The van der Waals surface area contributed by atoms with Crippen molar-refractivity contribution in [1.82, 2.24) is 9.55 Å². The molecule has 108 valence electrons. The summed E-state index contributed by atoms with van der Waals surface area (Å²) in [6, 6.07) is 6.97. The molecule has 0 saturated heterocycles. The van der Waals surface area contributed by atoms with Gasteiger partial charge in [0.05, 0.1) is 0 Å². The highest BCUT2D eigenvalue weighted by Crippen LogP contribution is 2.18. The van der Waals surface area contributed by atoms with Crippen molar-refractivity contribution < 1.29 is 4.39 Å². The van der Waals surface area contributed by atoms with Crippen LogP contribution in [0.2, 0.25) is 0 Å². The first kappa shape index (κ1) is 14.6. The molecule has 1 heterocycles. The van der Waals surface area contributed by atoms with Gasteiger partial charge < -0.3 is 9.88 Å². The fourth-order valence-corrected chi connectivity index (χ4v) is 2.16. The van der Waals surface area contributed by atoms with Crippen LogP contribution in [0.15, 0.2) is 36.7 Å². The minimum absolute atomic E-state index is 0.191. The first-order valence-corrected chi connectivity index (χ1v) is 7.07. The van der Waals surface area contributed by atoms with Crippen LogP contribution in [0, 0.1) is 11.7 Å². The molecule has 2 rings (SSSR count). The van der Waals surface area contributed by atoms with E-state index in [4.69, 9.17) is 0 Å². The van der Waals surface area contributed by atoms with Gasteiger partial charge in [0.15, 0.2) is 0 Å². The summed E-state index contributed by atoms with van der Waals surface area (Å²) in [7, 11) is 0. The topological polar surface area (TPSA) is 29.9 Å². The van der Waals surface area contributed by atoms with E-state index in [1.165, 1.54) is 12.1 Å². The Kier molecular flexibility index (Phi) is 4.77. The van der Waals surface area contributed by atoms with E-state index < -0.39 is 0 Å². The SMILES string of the molecule is CC(C)CNc1nccn1C(C)Cc1ccc(F)cc1. The normalized spacial score (nSPS) is 12.7. The lowest BCUT2D eigenvalue weighted by Gasteiger charge is -2.18. The zero-order valence-electron chi connectivity index (χ0n) is 12.3. The molecule has 2 aromatic rings. The van der Waals surface area contributed by atoms with Gasteiger partial charge in [0.1, 0.15) is 5.82 Å². The third-order valence-corrected chi connectivity index (χ3v) is 3.26. The molecule has 0 aliphatic rings. The zero-order valence-corrected chi connectivity index (χ0v) is 12.3. The summed E-state index contributed by atoms with van der Waals surface area (Å²) in [4.78, 5) is 4.36. The monoisotopic (exact) mass is 275 g/mol. The van der Waals surface area contributed by atoms with Crippen molar-refractivity contribution >= 4 is 5.95 Å². The molecule has 0 fully saturated rings. The number of aromatic nitrogens is 2. The van der Waals surface area contributed by atoms with E-state index in [9.17, 15) is 4.39 Å². The van der Waals surface area contributed by atoms with Gasteiger partial charge in [-0.25, -0.2) is 9.37 Å². The summed E-state index contributed by atoms with van der Waals surface area (Å²) >= 11 is 0. The number of nitrogens with one attached hydrogen (secondary N) is 1. The lowest BCUT2D eigenvalue weighted by molar-refractivity contribution is 0.544. The van der Waals surface area contributed by atoms with E-state index in [0.29, 0.717) is 5.92 Å². The van der Waals surface area contributed by atoms with Crippen molar-refractivity contribution in [3.8, 4) is 0 Å². The number of hydrogen-bond acceptors (Lipinski definition) is 2. The van der Waals surface area contributed by atoms with E-state index in [-0.39, 0.29) is 11.9 Å². The zero-order chi connectivity index (χ0) is 14.5. The number of rotatable bonds is 6. The van der Waals surface area contributed by atoms with Crippen LogP contribution in [0.5, 0.6) is 0 Å². The second kappa shape index (κ2) is 6.55. The van der Waals surface area contributed by atoms with Gasteiger partial charge in [-0.15, -0.1) is 0 Å². The maximum Gasteiger partial charge on any atom is 0.203 e. The average molecular weight is 275 g/mol. The number of hydrogen-bond donors (Lipinski definition) is 1. The molecule has 1 aromatic carbocycles. The number of benzene rings is 1. The lowest BCUT2D eigenvalue weighted by atomic mass is 10.1. The molecule has 0 bridgehead atoms. The van der Waals surface area contributed by atoms with Crippen LogP contribution >= 0.6 is 0 Å². The van der Waals surface area contributed by atoms with Gasteiger partial charge in [0.25, 0.3) is 0 Å². The van der Waals surface area contributed by atoms with Crippen molar-refractivity contribution in [3.63, 3.8) is 0 Å². The van der Waals surface area contributed by atoms with Gasteiger partial charge in [-0.3, -0.25) is 0 Å². The number of anilines is 1. The van der Waals surface area contributed by atoms with Crippen LogP contribution in [0.1, 0.15) is 32.4 Å². The molecule has 1 aromatic heterocycles. The second-order valence-corrected chi connectivity index (χ2v) is 5.61. The van der Waals surface area contributed by atoms with Crippen molar-refractivity contribution in [2.75, 3.05) is 11.9 Å². The van der Waals surface area contributed by atoms with Gasteiger partial charge in [-0.05, 0) is 37.0 Å². The molecule has 1 N–H and O–H groups in total. The fraction of sp³-hybridized carbons (Fsp3) is 0.438. The number of nitrogens with zero attached hydrogens (tertiary/aromatic N) is 2. The predicted octanol–water partition coefficient (Wildman–Crippen LogP) is 3.89. The Bertz CT molecular complexity index is 531. The summed E-state index contributed by atoms with van der Waals surface area (Å²) in [5, 5.41) is 3.36.